The smallest absolute Gasteiger partial charge is 0.258 e. The van der Waals surface area contributed by atoms with Crippen molar-refractivity contribution in [2.45, 2.75) is 38.3 Å². The number of fused-ring (bicyclic) bond motifs is 1. The van der Waals surface area contributed by atoms with Crippen LogP contribution in [-0.4, -0.2) is 85.3 Å². The fourth-order valence-electron chi connectivity index (χ4n) is 6.75. The van der Waals surface area contributed by atoms with Crippen LogP contribution >= 0.6 is 0 Å². The molecule has 0 aliphatic carbocycles. The van der Waals surface area contributed by atoms with Gasteiger partial charge in [0.1, 0.15) is 17.7 Å². The van der Waals surface area contributed by atoms with Crippen LogP contribution in [0.5, 0.6) is 0 Å². The lowest BCUT2D eigenvalue weighted by atomic mass is 9.94. The second kappa shape index (κ2) is 11.3. The van der Waals surface area contributed by atoms with Crippen LogP contribution in [0.2, 0.25) is 0 Å². The van der Waals surface area contributed by atoms with Crippen molar-refractivity contribution in [3.63, 3.8) is 0 Å². The number of piperidine rings is 2. The first kappa shape index (κ1) is 28.1. The highest BCUT2D eigenvalue weighted by molar-refractivity contribution is 6.05. The number of amides is 4. The summed E-state index contributed by atoms with van der Waals surface area (Å²) in [5.74, 6) is -2.61. The highest BCUT2D eigenvalue weighted by Crippen LogP contribution is 2.34. The Morgan fingerprint density at radius 1 is 0.929 bits per heavy atom. The van der Waals surface area contributed by atoms with Crippen LogP contribution in [-0.2, 0) is 16.1 Å². The number of benzene rings is 2. The minimum Gasteiger partial charge on any atom is -0.369 e. The monoisotopic (exact) mass is 580 g/mol. The molecule has 4 amide bonds. The van der Waals surface area contributed by atoms with Gasteiger partial charge in [0.15, 0.2) is 0 Å². The lowest BCUT2D eigenvalue weighted by Crippen LogP contribution is -2.52. The number of nitrogens with zero attached hydrogens (tertiary/aromatic N) is 4. The fourth-order valence-corrected chi connectivity index (χ4v) is 6.75. The topological polar surface area (TPSA) is 119 Å². The largest absolute Gasteiger partial charge is 0.369 e. The zero-order valence-electron chi connectivity index (χ0n) is 23.3. The maximum Gasteiger partial charge on any atom is 0.258 e. The minimum absolute atomic E-state index is 0.00626. The number of primary amides is 1. The van der Waals surface area contributed by atoms with Gasteiger partial charge in [-0.25, -0.2) is 8.78 Å². The predicted octanol–water partition coefficient (Wildman–Crippen LogP) is 1.86. The van der Waals surface area contributed by atoms with E-state index in [2.05, 4.69) is 15.1 Å². The standard InChI is InChI=1S/C30H34F2N6O4/c31-22-3-1-2-21(28(33)40)27(22)37-8-6-18(7-9-37)16-35-10-12-36(13-11-35)20-14-19-17-38(30(42)26(19)23(32)15-20)24-4-5-25(39)34-29(24)41/h1-3,14-15,18,24H,4-13,16-17H2,(H2,33,40)(H,34,39,41). The van der Waals surface area contributed by atoms with Crippen molar-refractivity contribution in [1.82, 2.24) is 15.1 Å². The number of hydrogen-bond donors (Lipinski definition) is 2. The average molecular weight is 581 g/mol. The number of anilines is 2. The van der Waals surface area contributed by atoms with Gasteiger partial charge >= 0.3 is 0 Å². The van der Waals surface area contributed by atoms with Crippen molar-refractivity contribution in [2.75, 3.05) is 55.6 Å². The zero-order chi connectivity index (χ0) is 29.5. The maximum atomic E-state index is 15.2. The van der Waals surface area contributed by atoms with Crippen molar-refractivity contribution < 1.29 is 28.0 Å². The number of carbonyl (C=O) groups excluding carboxylic acids is 4. The van der Waals surface area contributed by atoms with Crippen LogP contribution in [0.4, 0.5) is 20.2 Å². The van der Waals surface area contributed by atoms with Crippen LogP contribution in [0.15, 0.2) is 30.3 Å². The van der Waals surface area contributed by atoms with Gasteiger partial charge in [0.25, 0.3) is 11.8 Å². The Bertz CT molecular complexity index is 1440. The van der Waals surface area contributed by atoms with E-state index in [0.29, 0.717) is 49.0 Å². The molecular formula is C30H34F2N6O4. The summed E-state index contributed by atoms with van der Waals surface area (Å²) in [6.07, 6.45) is 2.13. The Kier molecular flexibility index (Phi) is 7.56. The summed E-state index contributed by atoms with van der Waals surface area (Å²) in [4.78, 5) is 56.4. The molecule has 0 bridgehead atoms. The first-order chi connectivity index (χ1) is 20.2. The van der Waals surface area contributed by atoms with Crippen molar-refractivity contribution in [3.8, 4) is 0 Å². The molecule has 4 aliphatic rings. The van der Waals surface area contributed by atoms with Gasteiger partial charge in [-0.3, -0.25) is 29.4 Å². The minimum atomic E-state index is -0.780. The van der Waals surface area contributed by atoms with E-state index in [1.165, 1.54) is 23.1 Å². The summed E-state index contributed by atoms with van der Waals surface area (Å²) in [6, 6.07) is 6.88. The first-order valence-electron chi connectivity index (χ1n) is 14.5. The summed E-state index contributed by atoms with van der Waals surface area (Å²) in [5.41, 5.74) is 7.26. The number of para-hydroxylation sites is 1. The number of halogens is 2. The van der Waals surface area contributed by atoms with E-state index in [4.69, 9.17) is 5.73 Å². The molecule has 1 atom stereocenters. The van der Waals surface area contributed by atoms with Gasteiger partial charge in [-0.1, -0.05) is 6.07 Å². The number of hydrogen-bond acceptors (Lipinski definition) is 7. The molecule has 3 saturated heterocycles. The molecule has 0 spiro atoms. The molecule has 0 aromatic heterocycles. The second-order valence-corrected chi connectivity index (χ2v) is 11.6. The summed E-state index contributed by atoms with van der Waals surface area (Å²) < 4.78 is 29.8. The third-order valence-electron chi connectivity index (χ3n) is 9.00. The van der Waals surface area contributed by atoms with Gasteiger partial charge in [0, 0.05) is 64.5 Å². The molecule has 4 heterocycles. The van der Waals surface area contributed by atoms with Crippen molar-refractivity contribution in [3.05, 3.63) is 58.7 Å². The molecule has 42 heavy (non-hydrogen) atoms. The third kappa shape index (κ3) is 5.31. The van der Waals surface area contributed by atoms with Gasteiger partial charge in [-0.15, -0.1) is 0 Å². The van der Waals surface area contributed by atoms with Crippen LogP contribution in [0.1, 0.15) is 52.0 Å². The average Bonchev–Trinajstić information content (AvgIpc) is 3.30. The molecule has 222 valence electrons. The number of rotatable bonds is 6. The number of imide groups is 1. The number of carbonyl (C=O) groups is 4. The van der Waals surface area contributed by atoms with Crippen molar-refractivity contribution in [2.24, 2.45) is 11.7 Å². The van der Waals surface area contributed by atoms with E-state index in [1.807, 2.05) is 11.0 Å². The number of nitrogens with two attached hydrogens (primary N) is 1. The SMILES string of the molecule is NC(=O)c1cccc(F)c1N1CCC(CN2CCN(c3cc(F)c4c(c3)CN(C3CCC(=O)NC3=O)C4=O)CC2)CC1. The highest BCUT2D eigenvalue weighted by atomic mass is 19.1. The molecule has 2 aromatic rings. The van der Waals surface area contributed by atoms with Crippen LogP contribution in [0.25, 0.3) is 0 Å². The Balaban J connectivity index is 1.03. The molecule has 2 aromatic carbocycles. The Labute approximate surface area is 242 Å². The van der Waals surface area contributed by atoms with E-state index in [0.717, 1.165) is 32.5 Å². The summed E-state index contributed by atoms with van der Waals surface area (Å²) >= 11 is 0. The first-order valence-corrected chi connectivity index (χ1v) is 14.5. The van der Waals surface area contributed by atoms with E-state index in [-0.39, 0.29) is 36.4 Å². The Morgan fingerprint density at radius 3 is 2.36 bits per heavy atom. The van der Waals surface area contributed by atoms with Gasteiger partial charge in [0.05, 0.1) is 16.8 Å². The van der Waals surface area contributed by atoms with Crippen molar-refractivity contribution in [1.29, 1.82) is 0 Å². The van der Waals surface area contributed by atoms with E-state index in [9.17, 15) is 23.6 Å². The summed E-state index contributed by atoms with van der Waals surface area (Å²) in [6.45, 7) is 5.37. The third-order valence-corrected chi connectivity index (χ3v) is 9.00. The highest BCUT2D eigenvalue weighted by Gasteiger charge is 2.41. The summed E-state index contributed by atoms with van der Waals surface area (Å²) in [5, 5.41) is 2.27. The van der Waals surface area contributed by atoms with E-state index in [1.54, 1.807) is 6.07 Å². The molecule has 4 aliphatic heterocycles. The van der Waals surface area contributed by atoms with Gasteiger partial charge < -0.3 is 20.4 Å². The molecule has 1 unspecified atom stereocenters. The molecule has 3 fully saturated rings. The summed E-state index contributed by atoms with van der Waals surface area (Å²) in [7, 11) is 0. The normalized spacial score (nSPS) is 22.0. The quantitative estimate of drug-likeness (QED) is 0.501. The van der Waals surface area contributed by atoms with Crippen LogP contribution in [0.3, 0.4) is 0 Å². The lowest BCUT2D eigenvalue weighted by molar-refractivity contribution is -0.136. The van der Waals surface area contributed by atoms with Gasteiger partial charge in [-0.2, -0.15) is 0 Å². The Hall–Kier alpha value is -4.06. The molecule has 6 rings (SSSR count). The maximum absolute atomic E-state index is 15.2. The molecule has 3 N–H and O–H groups in total. The van der Waals surface area contributed by atoms with Crippen molar-refractivity contribution >= 4 is 35.0 Å². The van der Waals surface area contributed by atoms with Crippen LogP contribution < -0.4 is 20.9 Å². The van der Waals surface area contributed by atoms with Gasteiger partial charge in [-0.05, 0) is 55.0 Å². The second-order valence-electron chi connectivity index (χ2n) is 11.6. The van der Waals surface area contributed by atoms with Crippen LogP contribution in [0, 0.1) is 17.6 Å². The molecule has 0 saturated carbocycles. The lowest BCUT2D eigenvalue weighted by Gasteiger charge is -2.40. The fraction of sp³-hybridized carbons (Fsp3) is 0.467. The van der Waals surface area contributed by atoms with Gasteiger partial charge in [0.2, 0.25) is 11.8 Å². The number of piperazine rings is 1. The molecule has 0 radical (unpaired) electrons. The molecule has 10 nitrogen and oxygen atoms in total. The molecular weight excluding hydrogens is 546 g/mol. The zero-order valence-corrected chi connectivity index (χ0v) is 23.3. The number of nitrogens with one attached hydrogen (secondary N) is 1. The predicted molar refractivity (Wildman–Crippen MR) is 151 cm³/mol. The Morgan fingerprint density at radius 2 is 1.67 bits per heavy atom. The van der Waals surface area contributed by atoms with E-state index >= 15 is 4.39 Å². The van der Waals surface area contributed by atoms with E-state index < -0.39 is 35.4 Å². The molecule has 12 heteroatoms.